The van der Waals surface area contributed by atoms with Crippen LogP contribution in [-0.2, 0) is 0 Å². The lowest BCUT2D eigenvalue weighted by Crippen LogP contribution is -2.14. The Morgan fingerprint density at radius 2 is 2.00 bits per heavy atom. The monoisotopic (exact) mass is 228 g/mol. The quantitative estimate of drug-likeness (QED) is 0.765. The largest absolute Gasteiger partial charge is 0.398 e. The highest BCUT2D eigenvalue weighted by Gasteiger charge is 2.10. The molecule has 0 radical (unpaired) electrons. The first-order valence-corrected chi connectivity index (χ1v) is 5.10. The Kier molecular flexibility index (Phi) is 3.00. The van der Waals surface area contributed by atoms with Crippen LogP contribution < -0.4 is 11.1 Å². The lowest BCUT2D eigenvalue weighted by Gasteiger charge is -2.08. The van der Waals surface area contributed by atoms with E-state index in [1.165, 1.54) is 18.7 Å². The zero-order valence-corrected chi connectivity index (χ0v) is 9.34. The molecular formula is C12H12N4O. The summed E-state index contributed by atoms with van der Waals surface area (Å²) in [7, 11) is 0. The number of rotatable bonds is 2. The van der Waals surface area contributed by atoms with Crippen LogP contribution in [0.4, 0.5) is 11.4 Å². The molecule has 0 aliphatic rings. The molecule has 0 bridgehead atoms. The number of amides is 1. The van der Waals surface area contributed by atoms with Crippen LogP contribution in [0.5, 0.6) is 0 Å². The van der Waals surface area contributed by atoms with Gasteiger partial charge in [-0.1, -0.05) is 12.1 Å². The topological polar surface area (TPSA) is 80.9 Å². The number of anilines is 2. The summed E-state index contributed by atoms with van der Waals surface area (Å²) >= 11 is 0. The van der Waals surface area contributed by atoms with E-state index in [4.69, 9.17) is 5.73 Å². The van der Waals surface area contributed by atoms with Crippen molar-refractivity contribution >= 4 is 17.3 Å². The Balaban J connectivity index is 2.24. The summed E-state index contributed by atoms with van der Waals surface area (Å²) in [4.78, 5) is 19.6. The van der Waals surface area contributed by atoms with E-state index >= 15 is 0 Å². The van der Waals surface area contributed by atoms with E-state index in [0.717, 1.165) is 5.56 Å². The van der Waals surface area contributed by atoms with E-state index < -0.39 is 0 Å². The van der Waals surface area contributed by atoms with Gasteiger partial charge >= 0.3 is 0 Å². The smallest absolute Gasteiger partial charge is 0.257 e. The average Bonchev–Trinajstić information content (AvgIpc) is 2.34. The zero-order valence-electron chi connectivity index (χ0n) is 9.34. The van der Waals surface area contributed by atoms with Gasteiger partial charge in [0, 0.05) is 5.69 Å². The van der Waals surface area contributed by atoms with E-state index in [1.54, 1.807) is 12.1 Å². The summed E-state index contributed by atoms with van der Waals surface area (Å²) in [6.07, 6.45) is 4.45. The van der Waals surface area contributed by atoms with Gasteiger partial charge in [-0.05, 0) is 18.6 Å². The van der Waals surface area contributed by atoms with E-state index in [1.807, 2.05) is 13.0 Å². The maximum Gasteiger partial charge on any atom is 0.257 e. The molecule has 0 saturated carbocycles. The third-order valence-corrected chi connectivity index (χ3v) is 2.39. The normalized spacial score (nSPS) is 9.94. The van der Waals surface area contributed by atoms with Crippen molar-refractivity contribution in [3.63, 3.8) is 0 Å². The number of nitrogens with zero attached hydrogens (tertiary/aromatic N) is 2. The van der Waals surface area contributed by atoms with Crippen LogP contribution in [0.15, 0.2) is 36.9 Å². The van der Waals surface area contributed by atoms with Gasteiger partial charge in [0.25, 0.3) is 5.91 Å². The minimum atomic E-state index is -0.263. The second-order valence-corrected chi connectivity index (χ2v) is 3.62. The Morgan fingerprint density at radius 1 is 1.29 bits per heavy atom. The Bertz CT molecular complexity index is 539. The maximum atomic E-state index is 11.9. The molecule has 2 aromatic rings. The first-order chi connectivity index (χ1) is 8.18. The standard InChI is InChI=1S/C12H12N4O/c1-8-3-2-4-10(11(8)13)12(17)16-9-5-14-7-15-6-9/h2-7H,13H2,1H3,(H,16,17). The van der Waals surface area contributed by atoms with Gasteiger partial charge in [0.15, 0.2) is 0 Å². The number of carbonyl (C=O) groups excluding carboxylic acids is 1. The molecule has 0 saturated heterocycles. The van der Waals surface area contributed by atoms with Crippen LogP contribution in [-0.4, -0.2) is 15.9 Å². The SMILES string of the molecule is Cc1cccc(C(=O)Nc2cncnc2)c1N. The number of nitrogens with two attached hydrogens (primary N) is 1. The van der Waals surface area contributed by atoms with Crippen LogP contribution in [0.1, 0.15) is 15.9 Å². The third kappa shape index (κ3) is 2.39. The van der Waals surface area contributed by atoms with E-state index in [-0.39, 0.29) is 5.91 Å². The minimum Gasteiger partial charge on any atom is -0.398 e. The van der Waals surface area contributed by atoms with Crippen molar-refractivity contribution in [3.05, 3.63) is 48.0 Å². The zero-order chi connectivity index (χ0) is 12.3. The molecule has 0 unspecified atom stereocenters. The van der Waals surface area contributed by atoms with Crippen LogP contribution >= 0.6 is 0 Å². The highest BCUT2D eigenvalue weighted by atomic mass is 16.1. The van der Waals surface area contributed by atoms with E-state index in [9.17, 15) is 4.79 Å². The maximum absolute atomic E-state index is 11.9. The van der Waals surface area contributed by atoms with Crippen molar-refractivity contribution in [1.29, 1.82) is 0 Å². The molecule has 1 aromatic carbocycles. The summed E-state index contributed by atoms with van der Waals surface area (Å²) in [5.74, 6) is -0.263. The van der Waals surface area contributed by atoms with Crippen molar-refractivity contribution in [1.82, 2.24) is 9.97 Å². The van der Waals surface area contributed by atoms with Gasteiger partial charge in [-0.2, -0.15) is 0 Å². The molecule has 86 valence electrons. The van der Waals surface area contributed by atoms with Crippen molar-refractivity contribution < 1.29 is 4.79 Å². The summed E-state index contributed by atoms with van der Waals surface area (Å²) < 4.78 is 0. The van der Waals surface area contributed by atoms with Crippen LogP contribution in [0.25, 0.3) is 0 Å². The third-order valence-electron chi connectivity index (χ3n) is 2.39. The molecule has 0 aliphatic carbocycles. The highest BCUT2D eigenvalue weighted by Crippen LogP contribution is 2.17. The first kappa shape index (κ1) is 11.1. The molecule has 2 rings (SSSR count). The number of nitrogens with one attached hydrogen (secondary N) is 1. The number of aromatic nitrogens is 2. The van der Waals surface area contributed by atoms with Gasteiger partial charge in [-0.25, -0.2) is 9.97 Å². The molecular weight excluding hydrogens is 216 g/mol. The highest BCUT2D eigenvalue weighted by molar-refractivity contribution is 6.07. The molecule has 0 atom stereocenters. The average molecular weight is 228 g/mol. The molecule has 5 nitrogen and oxygen atoms in total. The fourth-order valence-electron chi connectivity index (χ4n) is 1.44. The predicted molar refractivity (Wildman–Crippen MR) is 65.6 cm³/mol. The fourth-order valence-corrected chi connectivity index (χ4v) is 1.44. The number of aryl methyl sites for hydroxylation is 1. The predicted octanol–water partition coefficient (Wildman–Crippen LogP) is 1.62. The van der Waals surface area contributed by atoms with Gasteiger partial charge in [0.05, 0.1) is 23.6 Å². The number of para-hydroxylation sites is 1. The lowest BCUT2D eigenvalue weighted by molar-refractivity contribution is 0.102. The van der Waals surface area contributed by atoms with Crippen molar-refractivity contribution in [2.75, 3.05) is 11.1 Å². The molecule has 1 aromatic heterocycles. The Morgan fingerprint density at radius 3 is 2.71 bits per heavy atom. The van der Waals surface area contributed by atoms with Crippen LogP contribution in [0, 0.1) is 6.92 Å². The van der Waals surface area contributed by atoms with Gasteiger partial charge in [-0.3, -0.25) is 4.79 Å². The van der Waals surface area contributed by atoms with Gasteiger partial charge in [-0.15, -0.1) is 0 Å². The number of hydrogen-bond acceptors (Lipinski definition) is 4. The lowest BCUT2D eigenvalue weighted by atomic mass is 10.1. The van der Waals surface area contributed by atoms with Crippen molar-refractivity contribution in [3.8, 4) is 0 Å². The minimum absolute atomic E-state index is 0.263. The molecule has 5 heteroatoms. The molecule has 0 fully saturated rings. The van der Waals surface area contributed by atoms with E-state index in [0.29, 0.717) is 16.9 Å². The summed E-state index contributed by atoms with van der Waals surface area (Å²) in [5, 5.41) is 2.68. The Labute approximate surface area is 98.7 Å². The van der Waals surface area contributed by atoms with Crippen LogP contribution in [0.2, 0.25) is 0 Å². The Hall–Kier alpha value is -2.43. The van der Waals surface area contributed by atoms with Gasteiger partial charge in [0.2, 0.25) is 0 Å². The van der Waals surface area contributed by atoms with Crippen molar-refractivity contribution in [2.45, 2.75) is 6.92 Å². The summed E-state index contributed by atoms with van der Waals surface area (Å²) in [5.41, 5.74) is 8.20. The molecule has 17 heavy (non-hydrogen) atoms. The number of hydrogen-bond donors (Lipinski definition) is 2. The molecule has 0 spiro atoms. The number of nitrogen functional groups attached to an aromatic ring is 1. The van der Waals surface area contributed by atoms with E-state index in [2.05, 4.69) is 15.3 Å². The number of carbonyl (C=O) groups is 1. The van der Waals surface area contributed by atoms with Crippen LogP contribution in [0.3, 0.4) is 0 Å². The van der Waals surface area contributed by atoms with Gasteiger partial charge < -0.3 is 11.1 Å². The fraction of sp³-hybridized carbons (Fsp3) is 0.0833. The summed E-state index contributed by atoms with van der Waals surface area (Å²) in [6.45, 7) is 1.86. The first-order valence-electron chi connectivity index (χ1n) is 5.10. The van der Waals surface area contributed by atoms with Gasteiger partial charge in [0.1, 0.15) is 6.33 Å². The number of benzene rings is 1. The van der Waals surface area contributed by atoms with Crippen molar-refractivity contribution in [2.24, 2.45) is 0 Å². The summed E-state index contributed by atoms with van der Waals surface area (Å²) in [6, 6.07) is 5.33. The second kappa shape index (κ2) is 4.61. The molecule has 3 N–H and O–H groups in total. The molecule has 0 aliphatic heterocycles. The molecule has 1 amide bonds. The second-order valence-electron chi connectivity index (χ2n) is 3.62. The molecule has 1 heterocycles.